The third-order valence-corrected chi connectivity index (χ3v) is 2.95. The van der Waals surface area contributed by atoms with Crippen molar-refractivity contribution in [3.05, 3.63) is 0 Å². The van der Waals surface area contributed by atoms with Crippen molar-refractivity contribution in [1.82, 2.24) is 0 Å². The molecule has 1 rings (SSSR count). The number of hydrogen-bond donors (Lipinski definition) is 0. The molecule has 0 spiro atoms. The Balaban J connectivity index is 2.12. The van der Waals surface area contributed by atoms with Gasteiger partial charge in [-0.2, -0.15) is 0 Å². The van der Waals surface area contributed by atoms with Crippen LogP contribution in [-0.2, 0) is 14.3 Å². The number of carbonyl (C=O) groups excluding carboxylic acids is 1. The van der Waals surface area contributed by atoms with E-state index in [0.717, 1.165) is 19.3 Å². The maximum atomic E-state index is 11.0. The maximum Gasteiger partial charge on any atom is 0.308 e. The number of ether oxygens (including phenoxy) is 2. The Bertz CT molecular complexity index is 191. The molecule has 1 aliphatic rings. The molecule has 1 aliphatic heterocycles. The zero-order valence-electron chi connectivity index (χ0n) is 9.83. The van der Waals surface area contributed by atoms with Crippen LogP contribution in [-0.4, -0.2) is 25.3 Å². The third-order valence-electron chi connectivity index (χ3n) is 2.95. The molecule has 0 aromatic rings. The monoisotopic (exact) mass is 214 g/mol. The quantitative estimate of drug-likeness (QED) is 0.503. The molecule has 0 radical (unpaired) electrons. The largest absolute Gasteiger partial charge is 0.469 e. The Labute approximate surface area is 92.1 Å². The van der Waals surface area contributed by atoms with Crippen LogP contribution in [0.25, 0.3) is 0 Å². The Kier molecular flexibility index (Phi) is 5.69. The van der Waals surface area contributed by atoms with E-state index in [-0.39, 0.29) is 12.1 Å². The molecule has 0 bridgehead atoms. The minimum atomic E-state index is -0.158. The van der Waals surface area contributed by atoms with Crippen LogP contribution >= 0.6 is 0 Å². The van der Waals surface area contributed by atoms with Crippen LogP contribution in [0.5, 0.6) is 0 Å². The van der Waals surface area contributed by atoms with Crippen LogP contribution in [0.15, 0.2) is 0 Å². The van der Waals surface area contributed by atoms with Crippen molar-refractivity contribution in [3.8, 4) is 0 Å². The predicted molar refractivity (Wildman–Crippen MR) is 58.7 cm³/mol. The lowest BCUT2D eigenvalue weighted by Gasteiger charge is -2.12. The number of carbonyl (C=O) groups is 1. The second-order valence-electron chi connectivity index (χ2n) is 4.23. The summed E-state index contributed by atoms with van der Waals surface area (Å²) in [6.45, 7) is 2.20. The smallest absolute Gasteiger partial charge is 0.308 e. The first-order chi connectivity index (χ1) is 7.26. The molecule has 0 aromatic carbocycles. The van der Waals surface area contributed by atoms with Crippen LogP contribution in [0.2, 0.25) is 0 Å². The summed E-state index contributed by atoms with van der Waals surface area (Å²) in [7, 11) is 1.43. The summed E-state index contributed by atoms with van der Waals surface area (Å²) in [5.74, 6) is -0.158. The van der Waals surface area contributed by atoms with Gasteiger partial charge < -0.3 is 9.47 Å². The number of methoxy groups -OCH3 is 1. The first-order valence-corrected chi connectivity index (χ1v) is 5.98. The van der Waals surface area contributed by atoms with Crippen LogP contribution in [0, 0.1) is 0 Å². The minimum absolute atomic E-state index is 0.101. The van der Waals surface area contributed by atoms with E-state index in [2.05, 4.69) is 11.7 Å². The van der Waals surface area contributed by atoms with Crippen LogP contribution in [0.3, 0.4) is 0 Å². The first-order valence-electron chi connectivity index (χ1n) is 5.98. The van der Waals surface area contributed by atoms with Crippen molar-refractivity contribution in [1.29, 1.82) is 0 Å². The third kappa shape index (κ3) is 4.65. The highest BCUT2D eigenvalue weighted by atomic mass is 16.5. The van der Waals surface area contributed by atoms with Gasteiger partial charge in [-0.05, 0) is 19.3 Å². The van der Waals surface area contributed by atoms with Crippen molar-refractivity contribution in [2.75, 3.05) is 7.11 Å². The van der Waals surface area contributed by atoms with Crippen molar-refractivity contribution >= 4 is 5.97 Å². The second kappa shape index (κ2) is 6.83. The van der Waals surface area contributed by atoms with E-state index < -0.39 is 0 Å². The summed E-state index contributed by atoms with van der Waals surface area (Å²) in [5, 5.41) is 0. The Hall–Kier alpha value is -0.570. The van der Waals surface area contributed by atoms with Gasteiger partial charge in [0.2, 0.25) is 0 Å². The van der Waals surface area contributed by atoms with Gasteiger partial charge in [0.25, 0.3) is 0 Å². The fourth-order valence-corrected chi connectivity index (χ4v) is 2.03. The molecule has 15 heavy (non-hydrogen) atoms. The van der Waals surface area contributed by atoms with Gasteiger partial charge in [0.15, 0.2) is 0 Å². The van der Waals surface area contributed by atoms with Gasteiger partial charge in [0.05, 0.1) is 25.7 Å². The molecule has 0 N–H and O–H groups in total. The number of hydrogen-bond acceptors (Lipinski definition) is 3. The molecule has 0 aliphatic carbocycles. The van der Waals surface area contributed by atoms with Gasteiger partial charge in [-0.15, -0.1) is 0 Å². The Morgan fingerprint density at radius 3 is 2.73 bits per heavy atom. The van der Waals surface area contributed by atoms with Crippen molar-refractivity contribution in [2.24, 2.45) is 0 Å². The summed E-state index contributed by atoms with van der Waals surface area (Å²) >= 11 is 0. The molecule has 1 fully saturated rings. The second-order valence-corrected chi connectivity index (χ2v) is 4.23. The normalized spacial score (nSPS) is 25.5. The lowest BCUT2D eigenvalue weighted by atomic mass is 10.1. The number of unbranched alkanes of at least 4 members (excludes halogenated alkanes) is 2. The summed E-state index contributed by atoms with van der Waals surface area (Å²) < 4.78 is 10.4. The summed E-state index contributed by atoms with van der Waals surface area (Å²) in [5.41, 5.74) is 0. The molecule has 0 unspecified atom stereocenters. The summed E-state index contributed by atoms with van der Waals surface area (Å²) in [4.78, 5) is 11.0. The van der Waals surface area contributed by atoms with E-state index in [1.165, 1.54) is 26.4 Å². The molecule has 1 saturated heterocycles. The van der Waals surface area contributed by atoms with Gasteiger partial charge in [-0.3, -0.25) is 4.79 Å². The molecule has 0 aromatic heterocycles. The first kappa shape index (κ1) is 12.5. The minimum Gasteiger partial charge on any atom is -0.469 e. The Morgan fingerprint density at radius 2 is 2.07 bits per heavy atom. The van der Waals surface area contributed by atoms with Crippen LogP contribution < -0.4 is 0 Å². The van der Waals surface area contributed by atoms with E-state index in [1.54, 1.807) is 0 Å². The van der Waals surface area contributed by atoms with E-state index in [9.17, 15) is 4.79 Å². The molecule has 3 heteroatoms. The molecular weight excluding hydrogens is 192 g/mol. The van der Waals surface area contributed by atoms with Gasteiger partial charge in [0.1, 0.15) is 0 Å². The van der Waals surface area contributed by atoms with Gasteiger partial charge >= 0.3 is 5.97 Å². The average Bonchev–Trinajstić information content (AvgIpc) is 2.66. The lowest BCUT2D eigenvalue weighted by molar-refractivity contribution is -0.143. The SMILES string of the molecule is CCCCC[C@@H]1CC[C@H](CC(=O)OC)O1. The molecule has 3 nitrogen and oxygen atoms in total. The fourth-order valence-electron chi connectivity index (χ4n) is 2.03. The predicted octanol–water partition coefficient (Wildman–Crippen LogP) is 2.68. The summed E-state index contributed by atoms with van der Waals surface area (Å²) in [6.07, 6.45) is 7.92. The molecular formula is C12H22O3. The number of rotatable bonds is 6. The maximum absolute atomic E-state index is 11.0. The Morgan fingerprint density at radius 1 is 1.33 bits per heavy atom. The average molecular weight is 214 g/mol. The number of esters is 1. The highest BCUT2D eigenvalue weighted by Gasteiger charge is 2.26. The van der Waals surface area contributed by atoms with Crippen molar-refractivity contribution < 1.29 is 14.3 Å². The van der Waals surface area contributed by atoms with Crippen LogP contribution in [0.4, 0.5) is 0 Å². The summed E-state index contributed by atoms with van der Waals surface area (Å²) in [6, 6.07) is 0. The van der Waals surface area contributed by atoms with Gasteiger partial charge in [-0.1, -0.05) is 26.2 Å². The molecule has 0 amide bonds. The van der Waals surface area contributed by atoms with Crippen LogP contribution in [0.1, 0.15) is 51.9 Å². The van der Waals surface area contributed by atoms with E-state index in [1.807, 2.05) is 0 Å². The highest BCUT2D eigenvalue weighted by Crippen LogP contribution is 2.25. The zero-order valence-corrected chi connectivity index (χ0v) is 9.83. The molecule has 2 atom stereocenters. The molecule has 88 valence electrons. The van der Waals surface area contributed by atoms with E-state index in [0.29, 0.717) is 12.5 Å². The van der Waals surface area contributed by atoms with E-state index in [4.69, 9.17) is 4.74 Å². The zero-order chi connectivity index (χ0) is 11.1. The standard InChI is InChI=1S/C12H22O3/c1-3-4-5-6-10-7-8-11(15-10)9-12(13)14-2/h10-11H,3-9H2,1-2H3/t10-,11-/m1/s1. The molecule has 1 heterocycles. The van der Waals surface area contributed by atoms with E-state index >= 15 is 0 Å². The van der Waals surface area contributed by atoms with Crippen molar-refractivity contribution in [3.63, 3.8) is 0 Å². The lowest BCUT2D eigenvalue weighted by Crippen LogP contribution is -2.16. The van der Waals surface area contributed by atoms with Gasteiger partial charge in [0, 0.05) is 0 Å². The highest BCUT2D eigenvalue weighted by molar-refractivity contribution is 5.69. The van der Waals surface area contributed by atoms with Crippen molar-refractivity contribution in [2.45, 2.75) is 64.1 Å². The van der Waals surface area contributed by atoms with Gasteiger partial charge in [-0.25, -0.2) is 0 Å². The topological polar surface area (TPSA) is 35.5 Å². The molecule has 0 saturated carbocycles. The fraction of sp³-hybridized carbons (Fsp3) is 0.917.